The fourth-order valence-electron chi connectivity index (χ4n) is 2.65. The van der Waals surface area contributed by atoms with Crippen LogP contribution >= 0.6 is 0 Å². The number of amides is 1. The van der Waals surface area contributed by atoms with Gasteiger partial charge in [0.2, 0.25) is 5.91 Å². The third-order valence-electron chi connectivity index (χ3n) is 4.00. The Morgan fingerprint density at radius 3 is 2.70 bits per heavy atom. The molecule has 8 nitrogen and oxygen atoms in total. The van der Waals surface area contributed by atoms with Gasteiger partial charge in [-0.2, -0.15) is 10.5 Å². The van der Waals surface area contributed by atoms with Gasteiger partial charge in [0.15, 0.2) is 0 Å². The number of aromatic amines is 1. The molecule has 1 aromatic carbocycles. The summed E-state index contributed by atoms with van der Waals surface area (Å²) >= 11 is 0. The van der Waals surface area contributed by atoms with E-state index in [4.69, 9.17) is 5.26 Å². The van der Waals surface area contributed by atoms with E-state index in [-0.39, 0.29) is 26.3 Å². The lowest BCUT2D eigenvalue weighted by atomic mass is 10.1. The molecule has 2 N–H and O–H groups in total. The number of H-pyrrole nitrogens is 1. The molecular formula is C19H18N6O2. The Kier molecular flexibility index (Phi) is 4.91. The second kappa shape index (κ2) is 7.46. The average Bonchev–Trinajstić information content (AvgIpc) is 2.68. The maximum atomic E-state index is 12.3. The summed E-state index contributed by atoms with van der Waals surface area (Å²) in [5.74, 6) is -0.0173. The van der Waals surface area contributed by atoms with Crippen LogP contribution in [0.4, 0.5) is 0 Å². The monoisotopic (exact) mass is 362 g/mol. The highest BCUT2D eigenvalue weighted by Crippen LogP contribution is 2.16. The van der Waals surface area contributed by atoms with Gasteiger partial charge in [0.25, 0.3) is 5.56 Å². The Labute approximate surface area is 157 Å². The van der Waals surface area contributed by atoms with Gasteiger partial charge in [0, 0.05) is 31.7 Å². The number of hydrogen-bond donors (Lipinski definition) is 2. The molecule has 1 amide bonds. The molecule has 8 heteroatoms. The number of nitrogens with zero attached hydrogens (tertiary/aromatic N) is 4. The minimum atomic E-state index is -0.487. The van der Waals surface area contributed by atoms with E-state index in [1.54, 1.807) is 31.2 Å². The molecule has 27 heavy (non-hydrogen) atoms. The van der Waals surface area contributed by atoms with E-state index in [0.717, 1.165) is 0 Å². The number of carbonyl (C=O) groups is 1. The van der Waals surface area contributed by atoms with Crippen molar-refractivity contribution in [3.05, 3.63) is 69.5 Å². The van der Waals surface area contributed by atoms with Gasteiger partial charge in [-0.3, -0.25) is 9.59 Å². The van der Waals surface area contributed by atoms with Crippen molar-refractivity contribution in [2.24, 2.45) is 0 Å². The molecule has 1 atom stereocenters. The van der Waals surface area contributed by atoms with Crippen molar-refractivity contribution in [3.63, 3.8) is 0 Å². The van der Waals surface area contributed by atoms with Gasteiger partial charge >= 0.3 is 0 Å². The number of fused-ring (bicyclic) bond motifs is 1. The largest absolute Gasteiger partial charge is 0.346 e. The predicted molar refractivity (Wildman–Crippen MR) is 101 cm³/mol. The lowest BCUT2D eigenvalue weighted by Gasteiger charge is -2.12. The number of nitrogens with one attached hydrogen (secondary N) is 2. The minimum absolute atomic E-state index is 0. The molecular weight excluding hydrogens is 344 g/mol. The fourth-order valence-corrected chi connectivity index (χ4v) is 2.65. The highest BCUT2D eigenvalue weighted by Gasteiger charge is 2.15. The molecule has 2 aromatic heterocycles. The van der Waals surface area contributed by atoms with Crippen molar-refractivity contribution < 1.29 is 7.65 Å². The standard InChI is InChI=1S/C19H14N6O2.2H2/c1-11(18-22-9-12(7-20)10-23-18)24-17(26)6-14-5-15-13(8-21)3-2-4-16(15)25-19(14)27;;/h2-5,9-11H,6H2,1H3,(H,24,26)(H,25,27);2*1H/t11-;;/m0../s1. The van der Waals surface area contributed by atoms with E-state index in [0.29, 0.717) is 27.9 Å². The van der Waals surface area contributed by atoms with E-state index in [1.165, 1.54) is 12.4 Å². The Hall–Kier alpha value is -4.04. The van der Waals surface area contributed by atoms with Gasteiger partial charge in [-0.15, -0.1) is 0 Å². The molecule has 0 saturated heterocycles. The first-order valence-electron chi connectivity index (χ1n) is 8.08. The van der Waals surface area contributed by atoms with Crippen molar-refractivity contribution in [1.82, 2.24) is 20.3 Å². The van der Waals surface area contributed by atoms with Crippen molar-refractivity contribution in [3.8, 4) is 12.1 Å². The summed E-state index contributed by atoms with van der Waals surface area (Å²) in [5, 5.41) is 21.3. The number of pyridine rings is 1. The van der Waals surface area contributed by atoms with Crippen LogP contribution in [-0.4, -0.2) is 20.9 Å². The molecule has 3 rings (SSSR count). The third kappa shape index (κ3) is 3.80. The maximum absolute atomic E-state index is 12.3. The highest BCUT2D eigenvalue weighted by atomic mass is 16.2. The summed E-state index contributed by atoms with van der Waals surface area (Å²) in [4.78, 5) is 35.3. The normalized spacial score (nSPS) is 11.4. The van der Waals surface area contributed by atoms with Crippen molar-refractivity contribution >= 4 is 16.8 Å². The van der Waals surface area contributed by atoms with Gasteiger partial charge in [-0.1, -0.05) is 6.07 Å². The zero-order valence-electron chi connectivity index (χ0n) is 14.4. The van der Waals surface area contributed by atoms with Crippen LogP contribution in [0.2, 0.25) is 0 Å². The van der Waals surface area contributed by atoms with Crippen LogP contribution in [0, 0.1) is 22.7 Å². The summed E-state index contributed by atoms with van der Waals surface area (Å²) in [6.45, 7) is 1.71. The molecule has 0 bridgehead atoms. The van der Waals surface area contributed by atoms with Crippen molar-refractivity contribution in [2.75, 3.05) is 0 Å². The summed E-state index contributed by atoms with van der Waals surface area (Å²) < 4.78 is 0. The van der Waals surface area contributed by atoms with E-state index in [2.05, 4.69) is 26.3 Å². The minimum Gasteiger partial charge on any atom is -0.346 e. The van der Waals surface area contributed by atoms with Crippen LogP contribution in [-0.2, 0) is 11.2 Å². The lowest BCUT2D eigenvalue weighted by Crippen LogP contribution is -2.31. The van der Waals surface area contributed by atoms with Crippen LogP contribution in [0.25, 0.3) is 10.9 Å². The van der Waals surface area contributed by atoms with Crippen LogP contribution in [0.15, 0.2) is 41.5 Å². The predicted octanol–water partition coefficient (Wildman–Crippen LogP) is 1.97. The highest BCUT2D eigenvalue weighted by molar-refractivity contribution is 5.86. The average molecular weight is 362 g/mol. The number of rotatable bonds is 4. The summed E-state index contributed by atoms with van der Waals surface area (Å²) in [5.41, 5.74) is 1.17. The number of carbonyl (C=O) groups excluding carboxylic acids is 1. The lowest BCUT2D eigenvalue weighted by molar-refractivity contribution is -0.121. The SMILES string of the molecule is C[C@H](NC(=O)Cc1cc2c(C#N)cccc2[nH]c1=O)c1ncc(C#N)cn1.[HH].[HH]. The molecule has 0 aliphatic heterocycles. The fraction of sp³-hybridized carbons (Fsp3) is 0.158. The number of benzene rings is 1. The number of hydrogen-bond acceptors (Lipinski definition) is 6. The Morgan fingerprint density at radius 1 is 1.30 bits per heavy atom. The Balaban J connectivity index is 0.00000210. The molecule has 0 fully saturated rings. The second-order valence-electron chi connectivity index (χ2n) is 5.91. The number of nitriles is 2. The van der Waals surface area contributed by atoms with Gasteiger partial charge < -0.3 is 10.3 Å². The summed E-state index contributed by atoms with van der Waals surface area (Å²) in [6.07, 6.45) is 2.61. The molecule has 2 heterocycles. The second-order valence-corrected chi connectivity index (χ2v) is 5.91. The molecule has 0 radical (unpaired) electrons. The molecule has 0 aliphatic rings. The zero-order valence-corrected chi connectivity index (χ0v) is 14.4. The summed E-state index contributed by atoms with van der Waals surface area (Å²) in [6, 6.07) is 10.1. The Morgan fingerprint density at radius 2 is 2.04 bits per heavy atom. The molecule has 0 saturated carbocycles. The smallest absolute Gasteiger partial charge is 0.252 e. The first kappa shape index (κ1) is 17.8. The first-order chi connectivity index (χ1) is 13.0. The maximum Gasteiger partial charge on any atom is 0.252 e. The molecule has 0 unspecified atom stereocenters. The van der Waals surface area contributed by atoms with E-state index >= 15 is 0 Å². The van der Waals surface area contributed by atoms with Crippen LogP contribution in [0.1, 0.15) is 38.3 Å². The van der Waals surface area contributed by atoms with Crippen LogP contribution in [0.3, 0.4) is 0 Å². The van der Waals surface area contributed by atoms with Crippen molar-refractivity contribution in [2.45, 2.75) is 19.4 Å². The van der Waals surface area contributed by atoms with Gasteiger partial charge in [0.1, 0.15) is 11.9 Å². The van der Waals surface area contributed by atoms with Gasteiger partial charge in [-0.05, 0) is 25.1 Å². The molecule has 0 aliphatic carbocycles. The van der Waals surface area contributed by atoms with Gasteiger partial charge in [0.05, 0.1) is 29.7 Å². The van der Waals surface area contributed by atoms with Crippen molar-refractivity contribution in [1.29, 1.82) is 10.5 Å². The van der Waals surface area contributed by atoms with E-state index in [1.807, 2.05) is 6.07 Å². The first-order valence-corrected chi connectivity index (χ1v) is 8.08. The third-order valence-corrected chi connectivity index (χ3v) is 4.00. The van der Waals surface area contributed by atoms with E-state index < -0.39 is 6.04 Å². The van der Waals surface area contributed by atoms with Crippen LogP contribution in [0.5, 0.6) is 0 Å². The quantitative estimate of drug-likeness (QED) is 0.728. The molecule has 136 valence electrons. The topological polar surface area (TPSA) is 135 Å². The number of aromatic nitrogens is 3. The van der Waals surface area contributed by atoms with Gasteiger partial charge in [-0.25, -0.2) is 9.97 Å². The molecule has 0 spiro atoms. The van der Waals surface area contributed by atoms with Crippen LogP contribution < -0.4 is 10.9 Å². The summed E-state index contributed by atoms with van der Waals surface area (Å²) in [7, 11) is 0. The van der Waals surface area contributed by atoms with E-state index in [9.17, 15) is 14.9 Å². The molecule has 3 aromatic rings. The zero-order chi connectivity index (χ0) is 19.4. The Bertz CT molecular complexity index is 1160.